The molecule has 130 valence electrons. The quantitative estimate of drug-likeness (QED) is 0.338. The van der Waals surface area contributed by atoms with Gasteiger partial charge in [0.15, 0.2) is 0 Å². The maximum absolute atomic E-state index is 6.00. The minimum atomic E-state index is 0.914. The first kappa shape index (κ1) is 15.7. The summed E-state index contributed by atoms with van der Waals surface area (Å²) in [6.45, 7) is 2.12. The van der Waals surface area contributed by atoms with Gasteiger partial charge in [0.2, 0.25) is 0 Å². The van der Waals surface area contributed by atoms with Crippen molar-refractivity contribution in [1.29, 1.82) is 0 Å². The van der Waals surface area contributed by atoms with Gasteiger partial charge in [-0.3, -0.25) is 0 Å². The monoisotopic (exact) mass is 349 g/mol. The Morgan fingerprint density at radius 3 is 2.11 bits per heavy atom. The van der Waals surface area contributed by atoms with E-state index in [9.17, 15) is 0 Å². The summed E-state index contributed by atoms with van der Waals surface area (Å²) < 4.78 is 6.00. The molecule has 0 amide bonds. The summed E-state index contributed by atoms with van der Waals surface area (Å²) in [6, 6.07) is 33.7. The van der Waals surface area contributed by atoms with Crippen molar-refractivity contribution in [3.05, 3.63) is 103 Å². The maximum atomic E-state index is 6.00. The van der Waals surface area contributed by atoms with E-state index in [0.717, 1.165) is 39.0 Å². The van der Waals surface area contributed by atoms with Crippen LogP contribution in [0.1, 0.15) is 5.56 Å². The molecule has 0 fully saturated rings. The Hall–Kier alpha value is -3.52. The highest BCUT2D eigenvalue weighted by Gasteiger charge is 2.15. The normalized spacial score (nSPS) is 11.1. The Labute approximate surface area is 158 Å². The molecular formula is C25H19NO. The number of aryl methyl sites for hydroxylation is 1. The van der Waals surface area contributed by atoms with Gasteiger partial charge in [0.1, 0.15) is 11.2 Å². The van der Waals surface area contributed by atoms with Crippen molar-refractivity contribution in [3.8, 4) is 0 Å². The lowest BCUT2D eigenvalue weighted by Crippen LogP contribution is -2.09. The van der Waals surface area contributed by atoms with Gasteiger partial charge in [0, 0.05) is 27.8 Å². The van der Waals surface area contributed by atoms with Gasteiger partial charge in [0.05, 0.1) is 0 Å². The van der Waals surface area contributed by atoms with E-state index in [1.165, 1.54) is 5.56 Å². The summed E-state index contributed by atoms with van der Waals surface area (Å²) in [6.07, 6.45) is 0. The third-order valence-electron chi connectivity index (χ3n) is 4.89. The zero-order valence-corrected chi connectivity index (χ0v) is 15.1. The molecule has 0 aliphatic heterocycles. The molecule has 0 N–H and O–H groups in total. The molecule has 0 saturated carbocycles. The molecule has 2 nitrogen and oxygen atoms in total. The van der Waals surface area contributed by atoms with E-state index in [0.29, 0.717) is 0 Å². The summed E-state index contributed by atoms with van der Waals surface area (Å²) in [5.74, 6) is 0. The Morgan fingerprint density at radius 1 is 0.556 bits per heavy atom. The molecule has 0 aliphatic carbocycles. The fourth-order valence-electron chi connectivity index (χ4n) is 3.64. The lowest BCUT2D eigenvalue weighted by Gasteiger charge is -2.25. The predicted octanol–water partition coefficient (Wildman–Crippen LogP) is 7.36. The van der Waals surface area contributed by atoms with E-state index in [2.05, 4.69) is 90.7 Å². The topological polar surface area (TPSA) is 16.4 Å². The summed E-state index contributed by atoms with van der Waals surface area (Å²) >= 11 is 0. The largest absolute Gasteiger partial charge is 0.456 e. The minimum Gasteiger partial charge on any atom is -0.456 e. The van der Waals surface area contributed by atoms with Crippen molar-refractivity contribution < 1.29 is 4.42 Å². The highest BCUT2D eigenvalue weighted by molar-refractivity contribution is 6.06. The number of rotatable bonds is 3. The van der Waals surface area contributed by atoms with Crippen LogP contribution in [-0.4, -0.2) is 0 Å². The molecule has 0 radical (unpaired) electrons. The molecule has 0 unspecified atom stereocenters. The number of benzene rings is 4. The standard InChI is InChI=1S/C25H19NO/c1-18-8-7-11-20(16-18)26(19-9-3-2-4-10-19)21-14-15-25-23(17-21)22-12-5-6-13-24(22)27-25/h2-17H,1H3. The highest BCUT2D eigenvalue weighted by atomic mass is 16.3. The first-order valence-electron chi connectivity index (χ1n) is 9.13. The Bertz CT molecular complexity index is 1240. The Kier molecular flexibility index (Phi) is 3.68. The van der Waals surface area contributed by atoms with Gasteiger partial charge < -0.3 is 9.32 Å². The average Bonchev–Trinajstić information content (AvgIpc) is 3.07. The van der Waals surface area contributed by atoms with Crippen molar-refractivity contribution in [3.63, 3.8) is 0 Å². The molecule has 0 aliphatic rings. The zero-order chi connectivity index (χ0) is 18.2. The number of furan rings is 1. The van der Waals surface area contributed by atoms with E-state index >= 15 is 0 Å². The molecular weight excluding hydrogens is 330 g/mol. The van der Waals surface area contributed by atoms with Crippen molar-refractivity contribution in [2.45, 2.75) is 6.92 Å². The van der Waals surface area contributed by atoms with Crippen molar-refractivity contribution in [2.75, 3.05) is 4.90 Å². The SMILES string of the molecule is Cc1cccc(N(c2ccccc2)c2ccc3oc4ccccc4c3c2)c1. The minimum absolute atomic E-state index is 0.914. The summed E-state index contributed by atoms with van der Waals surface area (Å²) in [5.41, 5.74) is 6.47. The second-order valence-corrected chi connectivity index (χ2v) is 6.79. The molecule has 5 aromatic rings. The lowest BCUT2D eigenvalue weighted by atomic mass is 10.1. The third kappa shape index (κ3) is 2.76. The molecule has 1 heterocycles. The summed E-state index contributed by atoms with van der Waals surface area (Å²) in [5, 5.41) is 2.28. The van der Waals surface area contributed by atoms with E-state index in [1.807, 2.05) is 18.2 Å². The fourth-order valence-corrected chi connectivity index (χ4v) is 3.64. The molecule has 0 bridgehead atoms. The van der Waals surface area contributed by atoms with Crippen LogP contribution in [0.5, 0.6) is 0 Å². The van der Waals surface area contributed by atoms with Crippen LogP contribution in [0.3, 0.4) is 0 Å². The highest BCUT2D eigenvalue weighted by Crippen LogP contribution is 2.38. The molecule has 27 heavy (non-hydrogen) atoms. The van der Waals surface area contributed by atoms with Crippen LogP contribution in [0.2, 0.25) is 0 Å². The van der Waals surface area contributed by atoms with E-state index in [4.69, 9.17) is 4.42 Å². The molecule has 2 heteroatoms. The van der Waals surface area contributed by atoms with Gasteiger partial charge in [-0.1, -0.05) is 48.5 Å². The van der Waals surface area contributed by atoms with Crippen LogP contribution in [0, 0.1) is 6.92 Å². The van der Waals surface area contributed by atoms with Gasteiger partial charge >= 0.3 is 0 Å². The van der Waals surface area contributed by atoms with Crippen LogP contribution in [0.4, 0.5) is 17.1 Å². The van der Waals surface area contributed by atoms with E-state index in [-0.39, 0.29) is 0 Å². The molecule has 0 atom stereocenters. The van der Waals surface area contributed by atoms with E-state index < -0.39 is 0 Å². The fraction of sp³-hybridized carbons (Fsp3) is 0.0400. The van der Waals surface area contributed by atoms with Crippen molar-refractivity contribution >= 4 is 39.0 Å². The summed E-state index contributed by atoms with van der Waals surface area (Å²) in [4.78, 5) is 2.29. The second-order valence-electron chi connectivity index (χ2n) is 6.79. The zero-order valence-electron chi connectivity index (χ0n) is 15.1. The number of nitrogens with zero attached hydrogens (tertiary/aromatic N) is 1. The average molecular weight is 349 g/mol. The van der Waals surface area contributed by atoms with Crippen LogP contribution >= 0.6 is 0 Å². The number of hydrogen-bond acceptors (Lipinski definition) is 2. The maximum Gasteiger partial charge on any atom is 0.135 e. The third-order valence-corrected chi connectivity index (χ3v) is 4.89. The first-order chi connectivity index (χ1) is 13.3. The predicted molar refractivity (Wildman–Crippen MR) is 113 cm³/mol. The molecule has 0 spiro atoms. The Morgan fingerprint density at radius 2 is 1.26 bits per heavy atom. The van der Waals surface area contributed by atoms with Crippen molar-refractivity contribution in [1.82, 2.24) is 0 Å². The van der Waals surface area contributed by atoms with E-state index in [1.54, 1.807) is 0 Å². The Balaban J connectivity index is 1.75. The van der Waals surface area contributed by atoms with Crippen molar-refractivity contribution in [2.24, 2.45) is 0 Å². The van der Waals surface area contributed by atoms with Gasteiger partial charge in [-0.25, -0.2) is 0 Å². The number of fused-ring (bicyclic) bond motifs is 3. The molecule has 4 aromatic carbocycles. The second kappa shape index (κ2) is 6.33. The number of para-hydroxylation sites is 2. The summed E-state index contributed by atoms with van der Waals surface area (Å²) in [7, 11) is 0. The number of hydrogen-bond donors (Lipinski definition) is 0. The van der Waals surface area contributed by atoms with Crippen LogP contribution < -0.4 is 4.90 Å². The lowest BCUT2D eigenvalue weighted by molar-refractivity contribution is 0.669. The molecule has 0 saturated heterocycles. The smallest absolute Gasteiger partial charge is 0.135 e. The van der Waals surface area contributed by atoms with Gasteiger partial charge in [-0.2, -0.15) is 0 Å². The van der Waals surface area contributed by atoms with Crippen LogP contribution in [0.15, 0.2) is 101 Å². The van der Waals surface area contributed by atoms with Gasteiger partial charge in [-0.15, -0.1) is 0 Å². The van der Waals surface area contributed by atoms with Crippen LogP contribution in [-0.2, 0) is 0 Å². The van der Waals surface area contributed by atoms with Gasteiger partial charge in [0.25, 0.3) is 0 Å². The molecule has 1 aromatic heterocycles. The first-order valence-corrected chi connectivity index (χ1v) is 9.13. The van der Waals surface area contributed by atoms with Gasteiger partial charge in [-0.05, 0) is 61.0 Å². The molecule has 5 rings (SSSR count). The van der Waals surface area contributed by atoms with Crippen LogP contribution in [0.25, 0.3) is 21.9 Å². The number of anilines is 3.